The van der Waals surface area contributed by atoms with Gasteiger partial charge >= 0.3 is 0 Å². The van der Waals surface area contributed by atoms with Gasteiger partial charge in [-0.25, -0.2) is 12.8 Å². The summed E-state index contributed by atoms with van der Waals surface area (Å²) in [7, 11) is -3.54. The van der Waals surface area contributed by atoms with Crippen LogP contribution in [-0.2, 0) is 14.8 Å². The predicted molar refractivity (Wildman–Crippen MR) is 85.2 cm³/mol. The summed E-state index contributed by atoms with van der Waals surface area (Å²) in [6.07, 6.45) is 3.29. The van der Waals surface area contributed by atoms with Crippen LogP contribution >= 0.6 is 0 Å². The van der Waals surface area contributed by atoms with Crippen LogP contribution in [0.3, 0.4) is 0 Å². The third kappa shape index (κ3) is 4.09. The number of hydrogen-bond acceptors (Lipinski definition) is 4. The Morgan fingerprint density at radius 3 is 2.57 bits per heavy atom. The van der Waals surface area contributed by atoms with Crippen molar-refractivity contribution < 1.29 is 17.5 Å². The van der Waals surface area contributed by atoms with Crippen LogP contribution in [0.4, 0.5) is 4.39 Å². The van der Waals surface area contributed by atoms with Gasteiger partial charge in [-0.05, 0) is 50.1 Å². The van der Waals surface area contributed by atoms with Crippen molar-refractivity contribution in [3.63, 3.8) is 0 Å². The lowest BCUT2D eigenvalue weighted by Gasteiger charge is -2.23. The fourth-order valence-electron chi connectivity index (χ4n) is 3.20. The molecule has 23 heavy (non-hydrogen) atoms. The first-order valence-corrected chi connectivity index (χ1v) is 9.59. The lowest BCUT2D eigenvalue weighted by molar-refractivity contribution is 0.0749. The molecule has 0 bridgehead atoms. The number of sulfonamides is 1. The molecule has 0 spiro atoms. The van der Waals surface area contributed by atoms with Crippen molar-refractivity contribution >= 4 is 10.0 Å². The highest BCUT2D eigenvalue weighted by atomic mass is 32.2. The lowest BCUT2D eigenvalue weighted by atomic mass is 10.2. The molecule has 0 aliphatic carbocycles. The second kappa shape index (κ2) is 7.25. The molecule has 3 rings (SSSR count). The number of benzene rings is 1. The van der Waals surface area contributed by atoms with Crippen molar-refractivity contribution in [3.8, 4) is 0 Å². The molecule has 2 aliphatic heterocycles. The average Bonchev–Trinajstić information content (AvgIpc) is 2.91. The molecule has 7 heteroatoms. The Kier molecular flexibility index (Phi) is 5.31. The number of rotatable bonds is 4. The molecular weight excluding hydrogens is 319 g/mol. The standard InChI is InChI=1S/C16H23FN2O3S/c17-14-4-6-16(7-5-14)23(20,21)19-9-2-8-18(10-11-19)13-15-3-1-12-22-15/h4-7,15H,1-3,8-13H2/t15-/m1/s1. The fraction of sp³-hybridized carbons (Fsp3) is 0.625. The minimum absolute atomic E-state index is 0.159. The molecule has 2 saturated heterocycles. The van der Waals surface area contributed by atoms with Gasteiger partial charge in [-0.3, -0.25) is 4.90 Å². The van der Waals surface area contributed by atoms with Crippen LogP contribution in [0.25, 0.3) is 0 Å². The highest BCUT2D eigenvalue weighted by Crippen LogP contribution is 2.19. The Balaban J connectivity index is 1.63. The maximum absolute atomic E-state index is 13.0. The van der Waals surface area contributed by atoms with Gasteiger partial charge in [0, 0.05) is 32.8 Å². The van der Waals surface area contributed by atoms with Gasteiger partial charge in [0.05, 0.1) is 11.0 Å². The monoisotopic (exact) mass is 342 g/mol. The lowest BCUT2D eigenvalue weighted by Crippen LogP contribution is -2.37. The van der Waals surface area contributed by atoms with E-state index in [1.54, 1.807) is 0 Å². The zero-order valence-electron chi connectivity index (χ0n) is 13.2. The molecule has 2 aliphatic rings. The highest BCUT2D eigenvalue weighted by molar-refractivity contribution is 7.89. The van der Waals surface area contributed by atoms with E-state index in [2.05, 4.69) is 4.90 Å². The Hall–Kier alpha value is -1.02. The summed E-state index contributed by atoms with van der Waals surface area (Å²) in [5, 5.41) is 0. The Labute approximate surface area is 137 Å². The summed E-state index contributed by atoms with van der Waals surface area (Å²) in [6, 6.07) is 5.04. The Bertz CT molecular complexity index is 615. The van der Waals surface area contributed by atoms with Crippen molar-refractivity contribution in [2.45, 2.75) is 30.3 Å². The third-order valence-corrected chi connectivity index (χ3v) is 6.40. The SMILES string of the molecule is O=S(=O)(c1ccc(F)cc1)N1CCCN(C[C@H]2CCCO2)CC1. The molecule has 0 N–H and O–H groups in total. The van der Waals surface area contributed by atoms with Gasteiger partial charge in [0.15, 0.2) is 0 Å². The number of ether oxygens (including phenoxy) is 1. The van der Waals surface area contributed by atoms with E-state index < -0.39 is 15.8 Å². The van der Waals surface area contributed by atoms with Gasteiger partial charge in [-0.15, -0.1) is 0 Å². The molecule has 128 valence electrons. The molecule has 0 amide bonds. The summed E-state index contributed by atoms with van der Waals surface area (Å²) < 4.78 is 45.5. The maximum atomic E-state index is 13.0. The molecular formula is C16H23FN2O3S. The van der Waals surface area contributed by atoms with E-state index in [0.717, 1.165) is 39.0 Å². The molecule has 2 fully saturated rings. The molecule has 1 atom stereocenters. The first-order valence-electron chi connectivity index (χ1n) is 8.15. The van der Waals surface area contributed by atoms with E-state index in [4.69, 9.17) is 4.74 Å². The smallest absolute Gasteiger partial charge is 0.243 e. The van der Waals surface area contributed by atoms with E-state index in [1.165, 1.54) is 28.6 Å². The van der Waals surface area contributed by atoms with Gasteiger partial charge in [-0.2, -0.15) is 4.31 Å². The minimum Gasteiger partial charge on any atom is -0.377 e. The predicted octanol–water partition coefficient (Wildman–Crippen LogP) is 1.70. The second-order valence-electron chi connectivity index (χ2n) is 6.15. The van der Waals surface area contributed by atoms with Crippen molar-refractivity contribution in [2.24, 2.45) is 0 Å². The third-order valence-electron chi connectivity index (χ3n) is 4.48. The summed E-state index contributed by atoms with van der Waals surface area (Å²) in [5.74, 6) is -0.428. The van der Waals surface area contributed by atoms with Crippen molar-refractivity contribution in [3.05, 3.63) is 30.1 Å². The summed E-state index contributed by atoms with van der Waals surface area (Å²) in [4.78, 5) is 2.45. The largest absolute Gasteiger partial charge is 0.377 e. The summed E-state index contributed by atoms with van der Waals surface area (Å²) >= 11 is 0. The number of hydrogen-bond donors (Lipinski definition) is 0. The van der Waals surface area contributed by atoms with Crippen LogP contribution in [-0.4, -0.2) is 63.1 Å². The summed E-state index contributed by atoms with van der Waals surface area (Å²) in [6.45, 7) is 4.28. The first kappa shape index (κ1) is 16.8. The van der Waals surface area contributed by atoms with Gasteiger partial charge in [0.25, 0.3) is 0 Å². The summed E-state index contributed by atoms with van der Waals surface area (Å²) in [5.41, 5.74) is 0. The average molecular weight is 342 g/mol. The molecule has 1 aromatic rings. The molecule has 1 aromatic carbocycles. The van der Waals surface area contributed by atoms with Gasteiger partial charge < -0.3 is 4.74 Å². The van der Waals surface area contributed by atoms with E-state index in [-0.39, 0.29) is 11.0 Å². The topological polar surface area (TPSA) is 49.9 Å². The molecule has 0 saturated carbocycles. The van der Waals surface area contributed by atoms with Crippen LogP contribution in [0.5, 0.6) is 0 Å². The van der Waals surface area contributed by atoms with E-state index in [1.807, 2.05) is 0 Å². The molecule has 0 radical (unpaired) electrons. The van der Waals surface area contributed by atoms with Gasteiger partial charge in [0.1, 0.15) is 5.82 Å². The van der Waals surface area contributed by atoms with Gasteiger partial charge in [0.2, 0.25) is 10.0 Å². The Morgan fingerprint density at radius 1 is 1.09 bits per heavy atom. The van der Waals surface area contributed by atoms with Crippen molar-refractivity contribution in [1.29, 1.82) is 0 Å². The quantitative estimate of drug-likeness (QED) is 0.836. The second-order valence-corrected chi connectivity index (χ2v) is 8.09. The highest BCUT2D eigenvalue weighted by Gasteiger charge is 2.28. The number of halogens is 1. The fourth-order valence-corrected chi connectivity index (χ4v) is 4.67. The minimum atomic E-state index is -3.54. The molecule has 5 nitrogen and oxygen atoms in total. The van der Waals surface area contributed by atoms with Crippen LogP contribution in [0.15, 0.2) is 29.2 Å². The number of nitrogens with zero attached hydrogens (tertiary/aromatic N) is 2. The van der Waals surface area contributed by atoms with Crippen molar-refractivity contribution in [2.75, 3.05) is 39.3 Å². The van der Waals surface area contributed by atoms with Crippen molar-refractivity contribution in [1.82, 2.24) is 9.21 Å². The van der Waals surface area contributed by atoms with Crippen LogP contribution in [0, 0.1) is 5.82 Å². The zero-order chi connectivity index (χ0) is 16.3. The molecule has 0 aromatic heterocycles. The maximum Gasteiger partial charge on any atom is 0.243 e. The normalized spacial score (nSPS) is 24.7. The molecule has 2 heterocycles. The van der Waals surface area contributed by atoms with Gasteiger partial charge in [-0.1, -0.05) is 0 Å². The Morgan fingerprint density at radius 2 is 1.87 bits per heavy atom. The van der Waals surface area contributed by atoms with Crippen LogP contribution in [0.1, 0.15) is 19.3 Å². The van der Waals surface area contributed by atoms with E-state index in [9.17, 15) is 12.8 Å². The van der Waals surface area contributed by atoms with Crippen LogP contribution in [0.2, 0.25) is 0 Å². The first-order chi connectivity index (χ1) is 11.1. The van der Waals surface area contributed by atoms with Crippen LogP contribution < -0.4 is 0 Å². The van der Waals surface area contributed by atoms with E-state index in [0.29, 0.717) is 19.6 Å². The van der Waals surface area contributed by atoms with E-state index >= 15 is 0 Å². The zero-order valence-corrected chi connectivity index (χ0v) is 14.0. The molecule has 0 unspecified atom stereocenters.